The van der Waals surface area contributed by atoms with Crippen LogP contribution in [0.3, 0.4) is 0 Å². The molecule has 3 aliphatic heterocycles. The van der Waals surface area contributed by atoms with Gasteiger partial charge in [0.2, 0.25) is 0 Å². The molecule has 2 aromatic heterocycles. The number of allylic oxidation sites excluding steroid dienone is 1. The van der Waals surface area contributed by atoms with Crippen molar-refractivity contribution in [2.75, 3.05) is 64.0 Å². The van der Waals surface area contributed by atoms with Crippen LogP contribution in [0.15, 0.2) is 41.7 Å². The number of likely N-dealkylation sites (tertiary alicyclic amines) is 1. The molecule has 0 aromatic carbocycles. The van der Waals surface area contributed by atoms with Crippen LogP contribution in [-0.2, 0) is 9.47 Å². The Balaban J connectivity index is 1.26. The van der Waals surface area contributed by atoms with Gasteiger partial charge in [-0.15, -0.1) is 0 Å². The second-order valence-corrected chi connectivity index (χ2v) is 11.4. The number of aromatic nitrogens is 2. The fraction of sp³-hybridized carbons (Fsp3) is 0.633. The van der Waals surface area contributed by atoms with E-state index in [4.69, 9.17) is 14.5 Å². The second kappa shape index (κ2) is 12.3. The predicted molar refractivity (Wildman–Crippen MR) is 155 cm³/mol. The van der Waals surface area contributed by atoms with Crippen LogP contribution in [-0.4, -0.2) is 108 Å². The zero-order valence-electron chi connectivity index (χ0n) is 24.3. The summed E-state index contributed by atoms with van der Waals surface area (Å²) in [6.45, 7) is 13.4. The molecule has 9 nitrogen and oxygen atoms in total. The van der Waals surface area contributed by atoms with Gasteiger partial charge in [-0.25, -0.2) is 13.7 Å². The Labute approximate surface area is 236 Å². The minimum atomic E-state index is -0.723. The number of piperazine rings is 1. The molecule has 40 heavy (non-hydrogen) atoms. The van der Waals surface area contributed by atoms with Gasteiger partial charge in [-0.2, -0.15) is 5.10 Å². The molecule has 0 bridgehead atoms. The molecule has 0 radical (unpaired) electrons. The van der Waals surface area contributed by atoms with Crippen LogP contribution in [0.2, 0.25) is 0 Å². The summed E-state index contributed by atoms with van der Waals surface area (Å²) in [5, 5.41) is 4.55. The first kappa shape index (κ1) is 28.5. The maximum atomic E-state index is 12.7. The fourth-order valence-electron chi connectivity index (χ4n) is 6.19. The normalized spacial score (nSPS) is 22.6. The number of ether oxygens (including phenoxy) is 2. The SMILES string of the molecule is CCOC1(C2C=CC(c3cc4c(N5CCN(C(=O)O[C@@H](C)CF)CC5)ccnn4c3)=NC2)CCN(C(C)C)CC1. The van der Waals surface area contributed by atoms with Crippen LogP contribution >= 0.6 is 0 Å². The van der Waals surface area contributed by atoms with Crippen molar-refractivity contribution in [1.82, 2.24) is 19.4 Å². The molecule has 10 heteroatoms. The number of fused-ring (bicyclic) bond motifs is 1. The van der Waals surface area contributed by atoms with Gasteiger partial charge in [-0.05, 0) is 58.7 Å². The summed E-state index contributed by atoms with van der Waals surface area (Å²) in [6.07, 6.45) is 9.19. The number of anilines is 1. The highest BCUT2D eigenvalue weighted by molar-refractivity contribution is 6.10. The monoisotopic (exact) mass is 554 g/mol. The number of carbonyl (C=O) groups excluding carboxylic acids is 1. The summed E-state index contributed by atoms with van der Waals surface area (Å²) in [5.41, 5.74) is 3.93. The molecule has 2 fully saturated rings. The van der Waals surface area contributed by atoms with E-state index in [0.29, 0.717) is 38.8 Å². The third-order valence-corrected chi connectivity index (χ3v) is 8.61. The average Bonchev–Trinajstić information content (AvgIpc) is 3.42. The third kappa shape index (κ3) is 5.88. The Morgan fingerprint density at radius 1 is 1.15 bits per heavy atom. The van der Waals surface area contributed by atoms with Crippen LogP contribution in [0.25, 0.3) is 5.52 Å². The van der Waals surface area contributed by atoms with E-state index >= 15 is 0 Å². The maximum absolute atomic E-state index is 12.7. The van der Waals surface area contributed by atoms with E-state index < -0.39 is 18.9 Å². The van der Waals surface area contributed by atoms with Gasteiger partial charge in [0.15, 0.2) is 0 Å². The fourth-order valence-corrected chi connectivity index (χ4v) is 6.19. The molecule has 0 spiro atoms. The first-order chi connectivity index (χ1) is 19.3. The molecule has 0 saturated carbocycles. The first-order valence-corrected chi connectivity index (χ1v) is 14.7. The summed E-state index contributed by atoms with van der Waals surface area (Å²) in [6, 6.07) is 4.72. The standard InChI is InChI=1S/C30H43FN6O3/c1-5-39-30(9-12-34(13-10-30)22(2)3)25-6-7-26(32-20-25)24-18-28-27(8-11-33-37(28)21-24)35-14-16-36(17-15-35)29(38)40-23(4)19-31/h6-8,11,18,21-23,25H,5,9-10,12-17,19-20H2,1-4H3/t23-,25?/m0/s1. The molecule has 2 atom stereocenters. The molecular formula is C30H43FN6O3. The number of carbonyl (C=O) groups is 1. The summed E-state index contributed by atoms with van der Waals surface area (Å²) in [5.74, 6) is 0.270. The molecule has 1 unspecified atom stereocenters. The highest BCUT2D eigenvalue weighted by atomic mass is 19.1. The number of alkyl halides is 1. The number of piperidine rings is 1. The van der Waals surface area contributed by atoms with Gasteiger partial charge in [0, 0.05) is 82.3 Å². The highest BCUT2D eigenvalue weighted by Crippen LogP contribution is 2.37. The van der Waals surface area contributed by atoms with E-state index in [1.165, 1.54) is 0 Å². The van der Waals surface area contributed by atoms with E-state index in [-0.39, 0.29) is 11.5 Å². The number of amides is 1. The molecular weight excluding hydrogens is 511 g/mol. The molecule has 0 aliphatic carbocycles. The third-order valence-electron chi connectivity index (χ3n) is 8.61. The quantitative estimate of drug-likeness (QED) is 0.487. The molecule has 3 aliphatic rings. The van der Waals surface area contributed by atoms with Gasteiger partial charge in [0.05, 0.1) is 22.5 Å². The van der Waals surface area contributed by atoms with Crippen LogP contribution in [0, 0.1) is 5.92 Å². The number of dihydropyridines is 1. The second-order valence-electron chi connectivity index (χ2n) is 11.4. The van der Waals surface area contributed by atoms with Gasteiger partial charge in [-0.3, -0.25) is 4.99 Å². The van der Waals surface area contributed by atoms with Crippen LogP contribution in [0.5, 0.6) is 0 Å². The Hall–Kier alpha value is -2.98. The molecule has 2 aromatic rings. The Morgan fingerprint density at radius 2 is 1.90 bits per heavy atom. The minimum absolute atomic E-state index is 0.148. The van der Waals surface area contributed by atoms with Gasteiger partial charge >= 0.3 is 6.09 Å². The van der Waals surface area contributed by atoms with Crippen molar-refractivity contribution in [2.24, 2.45) is 10.9 Å². The Morgan fingerprint density at radius 3 is 2.52 bits per heavy atom. The Kier molecular flexibility index (Phi) is 8.75. The van der Waals surface area contributed by atoms with Crippen molar-refractivity contribution in [3.63, 3.8) is 0 Å². The van der Waals surface area contributed by atoms with Gasteiger partial charge in [0.1, 0.15) is 12.8 Å². The largest absolute Gasteiger partial charge is 0.444 e. The first-order valence-electron chi connectivity index (χ1n) is 14.7. The zero-order chi connectivity index (χ0) is 28.3. The van der Waals surface area contributed by atoms with Crippen LogP contribution in [0.1, 0.15) is 46.1 Å². The van der Waals surface area contributed by atoms with E-state index in [1.54, 1.807) is 18.0 Å². The lowest BCUT2D eigenvalue weighted by Gasteiger charge is -2.46. The van der Waals surface area contributed by atoms with Crippen molar-refractivity contribution in [3.8, 4) is 0 Å². The van der Waals surface area contributed by atoms with E-state index in [9.17, 15) is 9.18 Å². The summed E-state index contributed by atoms with van der Waals surface area (Å²) < 4.78 is 26.2. The van der Waals surface area contributed by atoms with Crippen molar-refractivity contribution in [2.45, 2.75) is 58.3 Å². The maximum Gasteiger partial charge on any atom is 0.410 e. The number of nitrogens with zero attached hydrogens (tertiary/aromatic N) is 6. The average molecular weight is 555 g/mol. The minimum Gasteiger partial charge on any atom is -0.444 e. The smallest absolute Gasteiger partial charge is 0.410 e. The lowest BCUT2D eigenvalue weighted by Crippen LogP contribution is -2.52. The molecule has 218 valence electrons. The molecule has 2 saturated heterocycles. The summed E-state index contributed by atoms with van der Waals surface area (Å²) >= 11 is 0. The molecule has 0 N–H and O–H groups in total. The van der Waals surface area contributed by atoms with Crippen LogP contribution in [0.4, 0.5) is 14.9 Å². The predicted octanol–water partition coefficient (Wildman–Crippen LogP) is 4.21. The molecule has 1 amide bonds. The lowest BCUT2D eigenvalue weighted by atomic mass is 9.77. The van der Waals surface area contributed by atoms with E-state index in [1.807, 2.05) is 16.8 Å². The van der Waals surface area contributed by atoms with Crippen molar-refractivity contribution < 1.29 is 18.7 Å². The number of rotatable bonds is 8. The number of hydrogen-bond acceptors (Lipinski definition) is 7. The van der Waals surface area contributed by atoms with E-state index in [0.717, 1.165) is 55.0 Å². The summed E-state index contributed by atoms with van der Waals surface area (Å²) in [4.78, 5) is 23.8. The van der Waals surface area contributed by atoms with Crippen molar-refractivity contribution >= 4 is 23.0 Å². The molecule has 5 rings (SSSR count). The van der Waals surface area contributed by atoms with Gasteiger partial charge in [0.25, 0.3) is 0 Å². The number of aliphatic imine (C=N–C) groups is 1. The van der Waals surface area contributed by atoms with Gasteiger partial charge < -0.3 is 24.2 Å². The summed E-state index contributed by atoms with van der Waals surface area (Å²) in [7, 11) is 0. The zero-order valence-corrected chi connectivity index (χ0v) is 24.3. The molecule has 5 heterocycles. The topological polar surface area (TPSA) is 74.9 Å². The lowest BCUT2D eigenvalue weighted by molar-refractivity contribution is -0.107. The van der Waals surface area contributed by atoms with Gasteiger partial charge in [-0.1, -0.05) is 6.08 Å². The number of hydrogen-bond donors (Lipinski definition) is 0. The van der Waals surface area contributed by atoms with Crippen molar-refractivity contribution in [3.05, 3.63) is 42.2 Å². The highest BCUT2D eigenvalue weighted by Gasteiger charge is 2.42. The van der Waals surface area contributed by atoms with Crippen LogP contribution < -0.4 is 4.90 Å². The van der Waals surface area contributed by atoms with Crippen molar-refractivity contribution in [1.29, 1.82) is 0 Å². The Bertz CT molecular complexity index is 1230. The van der Waals surface area contributed by atoms with E-state index in [2.05, 4.69) is 53.9 Å². The number of halogens is 1.